The van der Waals surface area contributed by atoms with Crippen molar-refractivity contribution in [1.82, 2.24) is 9.71 Å². The highest BCUT2D eigenvalue weighted by molar-refractivity contribution is 7.89. The number of aryl methyl sites for hydroxylation is 1. The van der Waals surface area contributed by atoms with Crippen LogP contribution in [0.5, 0.6) is 0 Å². The van der Waals surface area contributed by atoms with Gasteiger partial charge >= 0.3 is 5.97 Å². The number of sulfonamides is 1. The quantitative estimate of drug-likeness (QED) is 0.874. The van der Waals surface area contributed by atoms with Gasteiger partial charge in [0.15, 0.2) is 0 Å². The fourth-order valence-corrected chi connectivity index (χ4v) is 3.07. The van der Waals surface area contributed by atoms with Gasteiger partial charge in [-0.2, -0.15) is 0 Å². The maximum atomic E-state index is 12.3. The third-order valence-electron chi connectivity index (χ3n) is 2.94. The van der Waals surface area contributed by atoms with Crippen LogP contribution in [-0.2, 0) is 16.6 Å². The first-order chi connectivity index (χ1) is 9.90. The average molecular weight is 306 g/mol. The van der Waals surface area contributed by atoms with Crippen molar-refractivity contribution in [3.63, 3.8) is 0 Å². The number of hydrogen-bond acceptors (Lipinski definition) is 4. The minimum absolute atomic E-state index is 0.0311. The van der Waals surface area contributed by atoms with Crippen LogP contribution in [0.1, 0.15) is 21.5 Å². The minimum atomic E-state index is -3.78. The number of carboxylic acid groups (broad SMARTS) is 1. The Morgan fingerprint density at radius 3 is 2.52 bits per heavy atom. The molecule has 1 aromatic carbocycles. The standard InChI is InChI=1S/C14H14N2O4S/c1-10-2-3-12(14(17)18)8-13(10)21(19,20)16-9-11-4-6-15-7-5-11/h2-8,16H,9H2,1H3,(H,17,18). The molecule has 2 rings (SSSR count). The number of pyridine rings is 1. The highest BCUT2D eigenvalue weighted by Crippen LogP contribution is 2.17. The summed E-state index contributed by atoms with van der Waals surface area (Å²) in [6, 6.07) is 7.41. The fourth-order valence-electron chi connectivity index (χ4n) is 1.78. The lowest BCUT2D eigenvalue weighted by Gasteiger charge is -2.10. The molecular weight excluding hydrogens is 292 g/mol. The van der Waals surface area contributed by atoms with Crippen molar-refractivity contribution < 1.29 is 18.3 Å². The van der Waals surface area contributed by atoms with E-state index in [4.69, 9.17) is 5.11 Å². The summed E-state index contributed by atoms with van der Waals surface area (Å²) in [5.41, 5.74) is 1.19. The molecule has 0 unspecified atom stereocenters. The van der Waals surface area contributed by atoms with E-state index in [2.05, 4.69) is 9.71 Å². The Labute approximate surface area is 122 Å². The molecule has 0 atom stereocenters. The van der Waals surface area contributed by atoms with Crippen LogP contribution in [0.25, 0.3) is 0 Å². The summed E-state index contributed by atoms with van der Waals surface area (Å²) in [5.74, 6) is -1.17. The molecule has 21 heavy (non-hydrogen) atoms. The number of carbonyl (C=O) groups is 1. The molecular formula is C14H14N2O4S. The fraction of sp³-hybridized carbons (Fsp3) is 0.143. The molecule has 0 fully saturated rings. The van der Waals surface area contributed by atoms with Gasteiger partial charge in [0.25, 0.3) is 0 Å². The SMILES string of the molecule is Cc1ccc(C(=O)O)cc1S(=O)(=O)NCc1ccncc1. The Bertz CT molecular complexity index is 758. The zero-order valence-electron chi connectivity index (χ0n) is 11.3. The van der Waals surface area contributed by atoms with Crippen molar-refractivity contribution in [2.24, 2.45) is 0 Å². The molecule has 1 heterocycles. The molecule has 0 aliphatic heterocycles. The van der Waals surface area contributed by atoms with Crippen molar-refractivity contribution in [2.75, 3.05) is 0 Å². The predicted octanol–water partition coefficient (Wildman–Crippen LogP) is 1.57. The van der Waals surface area contributed by atoms with Crippen molar-refractivity contribution in [1.29, 1.82) is 0 Å². The monoisotopic (exact) mass is 306 g/mol. The topological polar surface area (TPSA) is 96.4 Å². The first-order valence-electron chi connectivity index (χ1n) is 6.12. The summed E-state index contributed by atoms with van der Waals surface area (Å²) < 4.78 is 27.0. The normalized spacial score (nSPS) is 11.3. The Hall–Kier alpha value is -2.25. The van der Waals surface area contributed by atoms with E-state index >= 15 is 0 Å². The van der Waals surface area contributed by atoms with E-state index < -0.39 is 16.0 Å². The van der Waals surface area contributed by atoms with Crippen LogP contribution in [0.3, 0.4) is 0 Å². The molecule has 7 heteroatoms. The summed E-state index contributed by atoms with van der Waals surface area (Å²) in [6.07, 6.45) is 3.14. The summed E-state index contributed by atoms with van der Waals surface area (Å²) in [6.45, 7) is 1.73. The van der Waals surface area contributed by atoms with E-state index in [1.807, 2.05) is 0 Å². The number of nitrogens with zero attached hydrogens (tertiary/aromatic N) is 1. The second-order valence-electron chi connectivity index (χ2n) is 4.47. The van der Waals surface area contributed by atoms with Crippen LogP contribution >= 0.6 is 0 Å². The first kappa shape index (κ1) is 15.1. The largest absolute Gasteiger partial charge is 0.478 e. The van der Waals surface area contributed by atoms with Gasteiger partial charge in [-0.25, -0.2) is 17.9 Å². The molecule has 2 aromatic rings. The maximum absolute atomic E-state index is 12.3. The Balaban J connectivity index is 2.27. The van der Waals surface area contributed by atoms with Crippen LogP contribution in [0, 0.1) is 6.92 Å². The molecule has 1 aromatic heterocycles. The highest BCUT2D eigenvalue weighted by Gasteiger charge is 2.18. The van der Waals surface area contributed by atoms with E-state index in [-0.39, 0.29) is 17.0 Å². The summed E-state index contributed by atoms with van der Waals surface area (Å²) >= 11 is 0. The van der Waals surface area contributed by atoms with Gasteiger partial charge in [0.05, 0.1) is 10.5 Å². The van der Waals surface area contributed by atoms with Gasteiger partial charge < -0.3 is 5.11 Å². The van der Waals surface area contributed by atoms with E-state index in [0.29, 0.717) is 5.56 Å². The van der Waals surface area contributed by atoms with Gasteiger partial charge in [0, 0.05) is 18.9 Å². The minimum Gasteiger partial charge on any atom is -0.478 e. The first-order valence-corrected chi connectivity index (χ1v) is 7.61. The molecule has 0 spiro atoms. The van der Waals surface area contributed by atoms with Gasteiger partial charge in [-0.05, 0) is 42.3 Å². The molecule has 0 saturated heterocycles. The lowest BCUT2D eigenvalue weighted by Crippen LogP contribution is -2.24. The summed E-state index contributed by atoms with van der Waals surface area (Å²) in [5, 5.41) is 8.95. The Morgan fingerprint density at radius 1 is 1.24 bits per heavy atom. The van der Waals surface area contributed by atoms with Crippen LogP contribution in [0.4, 0.5) is 0 Å². The lowest BCUT2D eigenvalue weighted by molar-refractivity contribution is 0.0696. The number of rotatable bonds is 5. The van der Waals surface area contributed by atoms with Crippen molar-refractivity contribution in [2.45, 2.75) is 18.4 Å². The van der Waals surface area contributed by atoms with Gasteiger partial charge in [0.1, 0.15) is 0 Å². The number of carboxylic acids is 1. The van der Waals surface area contributed by atoms with Crippen molar-refractivity contribution in [3.8, 4) is 0 Å². The highest BCUT2D eigenvalue weighted by atomic mass is 32.2. The molecule has 0 amide bonds. The predicted molar refractivity (Wildman–Crippen MR) is 76.4 cm³/mol. The zero-order chi connectivity index (χ0) is 15.5. The smallest absolute Gasteiger partial charge is 0.335 e. The van der Waals surface area contributed by atoms with E-state index in [1.165, 1.54) is 12.1 Å². The van der Waals surface area contributed by atoms with Crippen LogP contribution in [0.2, 0.25) is 0 Å². The second kappa shape index (κ2) is 6.02. The summed E-state index contributed by atoms with van der Waals surface area (Å²) in [4.78, 5) is 14.8. The molecule has 110 valence electrons. The molecule has 0 aliphatic carbocycles. The van der Waals surface area contributed by atoms with Crippen LogP contribution < -0.4 is 4.72 Å². The number of nitrogens with one attached hydrogen (secondary N) is 1. The van der Waals surface area contributed by atoms with Gasteiger partial charge in [-0.3, -0.25) is 4.98 Å². The number of aromatic nitrogens is 1. The van der Waals surface area contributed by atoms with E-state index in [0.717, 1.165) is 11.6 Å². The van der Waals surface area contributed by atoms with Gasteiger partial charge in [-0.1, -0.05) is 6.07 Å². The number of aromatic carboxylic acids is 1. The van der Waals surface area contributed by atoms with E-state index in [9.17, 15) is 13.2 Å². The molecule has 0 radical (unpaired) electrons. The molecule has 0 saturated carbocycles. The average Bonchev–Trinajstić information content (AvgIpc) is 2.46. The molecule has 6 nitrogen and oxygen atoms in total. The molecule has 2 N–H and O–H groups in total. The van der Waals surface area contributed by atoms with Gasteiger partial charge in [0.2, 0.25) is 10.0 Å². The molecule has 0 aliphatic rings. The van der Waals surface area contributed by atoms with Crippen molar-refractivity contribution >= 4 is 16.0 Å². The molecule has 0 bridgehead atoms. The van der Waals surface area contributed by atoms with Crippen LogP contribution in [0.15, 0.2) is 47.6 Å². The number of benzene rings is 1. The zero-order valence-corrected chi connectivity index (χ0v) is 12.1. The van der Waals surface area contributed by atoms with E-state index in [1.54, 1.807) is 31.5 Å². The Kier molecular flexibility index (Phi) is 4.35. The number of hydrogen-bond donors (Lipinski definition) is 2. The maximum Gasteiger partial charge on any atom is 0.335 e. The third-order valence-corrected chi connectivity index (χ3v) is 4.48. The Morgan fingerprint density at radius 2 is 1.90 bits per heavy atom. The second-order valence-corrected chi connectivity index (χ2v) is 6.20. The van der Waals surface area contributed by atoms with Crippen LogP contribution in [-0.4, -0.2) is 24.5 Å². The third kappa shape index (κ3) is 3.65. The van der Waals surface area contributed by atoms with Crippen molar-refractivity contribution in [3.05, 3.63) is 59.4 Å². The summed E-state index contributed by atoms with van der Waals surface area (Å²) in [7, 11) is -3.78. The lowest BCUT2D eigenvalue weighted by atomic mass is 10.1. The van der Waals surface area contributed by atoms with Gasteiger partial charge in [-0.15, -0.1) is 0 Å².